The van der Waals surface area contributed by atoms with Gasteiger partial charge in [0.1, 0.15) is 18.0 Å². The summed E-state index contributed by atoms with van der Waals surface area (Å²) in [4.78, 5) is 13.5. The minimum absolute atomic E-state index is 0.253. The molecule has 0 unspecified atom stereocenters. The first-order chi connectivity index (χ1) is 10.1. The molecule has 0 radical (unpaired) electrons. The van der Waals surface area contributed by atoms with E-state index in [4.69, 9.17) is 4.74 Å². The van der Waals surface area contributed by atoms with Crippen molar-refractivity contribution in [3.63, 3.8) is 0 Å². The van der Waals surface area contributed by atoms with Crippen LogP contribution in [0.2, 0.25) is 0 Å². The van der Waals surface area contributed by atoms with Gasteiger partial charge >= 0.3 is 16.3 Å². The molecule has 1 aliphatic heterocycles. The zero-order valence-electron chi connectivity index (χ0n) is 13.4. The van der Waals surface area contributed by atoms with Crippen LogP contribution in [0.25, 0.3) is 0 Å². The lowest BCUT2D eigenvalue weighted by Gasteiger charge is -2.33. The second-order valence-electron chi connectivity index (χ2n) is 6.28. The number of nitrogens with zero attached hydrogens (tertiary/aromatic N) is 4. The lowest BCUT2D eigenvalue weighted by atomic mass is 10.2. The lowest BCUT2D eigenvalue weighted by molar-refractivity contribution is -0.670. The smallest absolute Gasteiger partial charge is 0.410 e. The number of aryl methyl sites for hydroxylation is 1. The zero-order valence-corrected chi connectivity index (χ0v) is 14.2. The number of aromatic nitrogens is 2. The molecule has 1 fully saturated rings. The maximum Gasteiger partial charge on any atom is 0.410 e. The van der Waals surface area contributed by atoms with Crippen LogP contribution >= 0.6 is 0 Å². The topological polar surface area (TPSA) is 75.7 Å². The van der Waals surface area contributed by atoms with Crippen LogP contribution in [0.3, 0.4) is 0 Å². The van der Waals surface area contributed by atoms with Crippen LogP contribution in [0, 0.1) is 0 Å². The Bertz CT molecular complexity index is 639. The predicted octanol–water partition coefficient (Wildman–Crippen LogP) is -0.0418. The fraction of sp³-hybridized carbons (Fsp3) is 0.692. The quantitative estimate of drug-likeness (QED) is 0.713. The summed E-state index contributed by atoms with van der Waals surface area (Å²) in [6, 6.07) is 0. The Balaban J connectivity index is 1.99. The Hall–Kier alpha value is -1.61. The third kappa shape index (κ3) is 3.77. The van der Waals surface area contributed by atoms with Gasteiger partial charge < -0.3 is 9.64 Å². The Labute approximate surface area is 131 Å². The van der Waals surface area contributed by atoms with Crippen molar-refractivity contribution < 1.29 is 22.5 Å². The summed E-state index contributed by atoms with van der Waals surface area (Å²) in [6.45, 7) is 6.56. The number of carbonyl (C=O) groups is 1. The van der Waals surface area contributed by atoms with E-state index >= 15 is 0 Å². The standard InChI is InChI=1S/C13H23N4O4S/c1-13(2,3)21-12(18)15-6-9-16(10-7-15)22(19,20)17-8-5-14(4)11-17/h5,8,11H,6-7,9-10H2,1-4H3/q+1. The second kappa shape index (κ2) is 5.88. The molecule has 1 aromatic rings. The summed E-state index contributed by atoms with van der Waals surface area (Å²) in [5.74, 6) is 0. The van der Waals surface area contributed by atoms with E-state index in [0.717, 1.165) is 0 Å². The fourth-order valence-electron chi connectivity index (χ4n) is 2.13. The molecule has 124 valence electrons. The van der Waals surface area contributed by atoms with Gasteiger partial charge in [-0.05, 0) is 20.8 Å². The fourth-order valence-corrected chi connectivity index (χ4v) is 3.49. The highest BCUT2D eigenvalue weighted by atomic mass is 32.2. The summed E-state index contributed by atoms with van der Waals surface area (Å²) < 4.78 is 34.4. The molecular weight excluding hydrogens is 308 g/mol. The van der Waals surface area contributed by atoms with Gasteiger partial charge in [-0.1, -0.05) is 0 Å². The molecule has 1 aliphatic rings. The number of imidazole rings is 1. The first-order valence-corrected chi connectivity index (χ1v) is 8.51. The van der Waals surface area contributed by atoms with Crippen molar-refractivity contribution in [1.29, 1.82) is 0 Å². The van der Waals surface area contributed by atoms with Gasteiger partial charge in [-0.25, -0.2) is 9.36 Å². The van der Waals surface area contributed by atoms with Crippen LogP contribution in [0.1, 0.15) is 20.8 Å². The molecule has 2 heterocycles. The maximum absolute atomic E-state index is 12.4. The average Bonchev–Trinajstić information content (AvgIpc) is 2.84. The molecule has 0 aliphatic carbocycles. The molecule has 1 amide bonds. The lowest BCUT2D eigenvalue weighted by Crippen LogP contribution is -2.52. The van der Waals surface area contributed by atoms with Crippen LogP contribution in [-0.4, -0.2) is 59.5 Å². The summed E-state index contributed by atoms with van der Waals surface area (Å²) in [5, 5.41) is 0. The zero-order chi connectivity index (χ0) is 16.5. The van der Waals surface area contributed by atoms with E-state index < -0.39 is 21.9 Å². The van der Waals surface area contributed by atoms with Crippen LogP contribution in [0.15, 0.2) is 18.7 Å². The first kappa shape index (κ1) is 16.8. The van der Waals surface area contributed by atoms with Crippen LogP contribution in [0.4, 0.5) is 4.79 Å². The second-order valence-corrected chi connectivity index (χ2v) is 8.12. The predicted molar refractivity (Wildman–Crippen MR) is 79.3 cm³/mol. The molecule has 1 aromatic heterocycles. The Morgan fingerprint density at radius 2 is 1.77 bits per heavy atom. The summed E-state index contributed by atoms with van der Waals surface area (Å²) in [7, 11) is -1.82. The Morgan fingerprint density at radius 3 is 2.23 bits per heavy atom. The van der Waals surface area contributed by atoms with Gasteiger partial charge in [-0.15, -0.1) is 3.97 Å². The average molecular weight is 331 g/mol. The van der Waals surface area contributed by atoms with E-state index in [-0.39, 0.29) is 13.1 Å². The minimum Gasteiger partial charge on any atom is -0.444 e. The third-order valence-electron chi connectivity index (χ3n) is 3.23. The SMILES string of the molecule is C[n+]1ccn(S(=O)(=O)N2CCN(C(=O)OC(C)(C)C)CC2)c1. The number of rotatable bonds is 2. The highest BCUT2D eigenvalue weighted by Crippen LogP contribution is 2.14. The van der Waals surface area contributed by atoms with Gasteiger partial charge in [0.15, 0.2) is 0 Å². The summed E-state index contributed by atoms with van der Waals surface area (Å²) >= 11 is 0. The van der Waals surface area contributed by atoms with Crippen molar-refractivity contribution in [2.75, 3.05) is 26.2 Å². The molecule has 0 spiro atoms. The molecule has 1 saturated heterocycles. The van der Waals surface area contributed by atoms with Gasteiger partial charge in [0.05, 0.1) is 7.05 Å². The molecule has 8 nitrogen and oxygen atoms in total. The molecule has 0 bridgehead atoms. The summed E-state index contributed by atoms with van der Waals surface area (Å²) in [5.41, 5.74) is -0.555. The van der Waals surface area contributed by atoms with Gasteiger partial charge in [-0.3, -0.25) is 0 Å². The molecule has 2 rings (SSSR count). The molecule has 0 aromatic carbocycles. The van der Waals surface area contributed by atoms with Crippen molar-refractivity contribution in [1.82, 2.24) is 13.2 Å². The Morgan fingerprint density at radius 1 is 1.18 bits per heavy atom. The van der Waals surface area contributed by atoms with Gasteiger partial charge in [-0.2, -0.15) is 12.7 Å². The van der Waals surface area contributed by atoms with E-state index in [2.05, 4.69) is 0 Å². The molecule has 0 saturated carbocycles. The largest absolute Gasteiger partial charge is 0.444 e. The number of hydrogen-bond donors (Lipinski definition) is 0. The molecule has 0 atom stereocenters. The number of hydrogen-bond acceptors (Lipinski definition) is 4. The monoisotopic (exact) mass is 331 g/mol. The van der Waals surface area contributed by atoms with Crippen LogP contribution < -0.4 is 4.57 Å². The van der Waals surface area contributed by atoms with Crippen molar-refractivity contribution in [2.45, 2.75) is 26.4 Å². The van der Waals surface area contributed by atoms with E-state index in [9.17, 15) is 13.2 Å². The van der Waals surface area contributed by atoms with Crippen LogP contribution in [-0.2, 0) is 22.0 Å². The van der Waals surface area contributed by atoms with Crippen molar-refractivity contribution in [2.24, 2.45) is 7.05 Å². The normalized spacial score (nSPS) is 17.5. The molecule has 9 heteroatoms. The van der Waals surface area contributed by atoms with E-state index in [0.29, 0.717) is 13.1 Å². The van der Waals surface area contributed by atoms with Crippen molar-refractivity contribution in [3.8, 4) is 0 Å². The van der Waals surface area contributed by atoms with E-state index in [1.54, 1.807) is 38.6 Å². The maximum atomic E-state index is 12.4. The highest BCUT2D eigenvalue weighted by Gasteiger charge is 2.34. The number of amides is 1. The third-order valence-corrected chi connectivity index (χ3v) is 4.99. The van der Waals surface area contributed by atoms with E-state index in [1.165, 1.54) is 25.7 Å². The first-order valence-electron chi connectivity index (χ1n) is 7.11. The van der Waals surface area contributed by atoms with Gasteiger partial charge in [0.25, 0.3) is 6.33 Å². The van der Waals surface area contributed by atoms with Crippen molar-refractivity contribution in [3.05, 3.63) is 18.7 Å². The van der Waals surface area contributed by atoms with Crippen LogP contribution in [0.5, 0.6) is 0 Å². The highest BCUT2D eigenvalue weighted by molar-refractivity contribution is 7.87. The number of carbonyl (C=O) groups excluding carboxylic acids is 1. The molecule has 22 heavy (non-hydrogen) atoms. The van der Waals surface area contributed by atoms with Gasteiger partial charge in [0, 0.05) is 26.2 Å². The molecule has 0 N–H and O–H groups in total. The van der Waals surface area contributed by atoms with Crippen molar-refractivity contribution >= 4 is 16.3 Å². The minimum atomic E-state index is -3.58. The molecular formula is C13H23N4O4S+. The van der Waals surface area contributed by atoms with Gasteiger partial charge in [0.2, 0.25) is 0 Å². The number of piperazine rings is 1. The Kier molecular flexibility index (Phi) is 4.48. The van der Waals surface area contributed by atoms with E-state index in [1.807, 2.05) is 0 Å². The number of ether oxygens (including phenoxy) is 1. The summed E-state index contributed by atoms with van der Waals surface area (Å²) in [6.07, 6.45) is 4.25.